The second kappa shape index (κ2) is 8.53. The monoisotopic (exact) mass is 355 g/mol. The third-order valence-corrected chi connectivity index (χ3v) is 3.94. The maximum absolute atomic E-state index is 14.3. The molecule has 7 heteroatoms. The largest absolute Gasteiger partial charge is 0.382 e. The Morgan fingerprint density at radius 1 is 1.19 bits per heavy atom. The summed E-state index contributed by atoms with van der Waals surface area (Å²) in [5.41, 5.74) is 1.65. The molecule has 1 N–H and O–H groups in total. The van der Waals surface area contributed by atoms with Gasteiger partial charge in [-0.25, -0.2) is 19.3 Å². The van der Waals surface area contributed by atoms with Crippen molar-refractivity contribution >= 4 is 5.95 Å². The second-order valence-corrected chi connectivity index (χ2v) is 5.77. The Bertz CT molecular complexity index is 865. The molecule has 0 bridgehead atoms. The van der Waals surface area contributed by atoms with Gasteiger partial charge >= 0.3 is 0 Å². The molecular weight excluding hydrogens is 333 g/mol. The molecule has 0 aliphatic carbocycles. The van der Waals surface area contributed by atoms with Crippen LogP contribution in [0.2, 0.25) is 0 Å². The molecule has 3 rings (SSSR count). The van der Waals surface area contributed by atoms with Gasteiger partial charge in [-0.05, 0) is 19.4 Å². The summed E-state index contributed by atoms with van der Waals surface area (Å²) in [6.07, 6.45) is 6.01. The molecule has 0 unspecified atom stereocenters. The van der Waals surface area contributed by atoms with Gasteiger partial charge < -0.3 is 14.6 Å². The number of aryl methyl sites for hydroxylation is 1. The maximum atomic E-state index is 14.3. The van der Waals surface area contributed by atoms with Crippen LogP contribution in [0.3, 0.4) is 0 Å². The van der Waals surface area contributed by atoms with E-state index in [4.69, 9.17) is 4.74 Å². The number of nitrogens with one attached hydrogen (secondary N) is 1. The minimum Gasteiger partial charge on any atom is -0.382 e. The summed E-state index contributed by atoms with van der Waals surface area (Å²) >= 11 is 0. The zero-order valence-electron chi connectivity index (χ0n) is 14.9. The minimum atomic E-state index is -0.316. The highest BCUT2D eigenvalue weighted by Crippen LogP contribution is 2.31. The van der Waals surface area contributed by atoms with Crippen LogP contribution in [0.15, 0.2) is 42.9 Å². The lowest BCUT2D eigenvalue weighted by atomic mass is 10.0. The second-order valence-electron chi connectivity index (χ2n) is 5.77. The summed E-state index contributed by atoms with van der Waals surface area (Å²) in [6.45, 7) is 4.05. The van der Waals surface area contributed by atoms with Gasteiger partial charge in [0.05, 0.1) is 0 Å². The van der Waals surface area contributed by atoms with E-state index >= 15 is 0 Å². The van der Waals surface area contributed by atoms with Gasteiger partial charge in [-0.1, -0.05) is 18.2 Å². The van der Waals surface area contributed by atoms with Crippen LogP contribution >= 0.6 is 0 Å². The molecule has 0 fully saturated rings. The number of ether oxygens (including phenoxy) is 1. The Balaban J connectivity index is 1.93. The zero-order valence-corrected chi connectivity index (χ0v) is 14.9. The van der Waals surface area contributed by atoms with Gasteiger partial charge in [0.25, 0.3) is 0 Å². The van der Waals surface area contributed by atoms with E-state index in [1.165, 1.54) is 6.07 Å². The normalized spacial score (nSPS) is 10.9. The number of anilines is 1. The molecule has 0 saturated heterocycles. The van der Waals surface area contributed by atoms with Gasteiger partial charge in [-0.2, -0.15) is 0 Å². The molecule has 0 aliphatic heterocycles. The van der Waals surface area contributed by atoms with Crippen LogP contribution in [0.4, 0.5) is 10.3 Å². The van der Waals surface area contributed by atoms with Gasteiger partial charge in [-0.3, -0.25) is 0 Å². The van der Waals surface area contributed by atoms with E-state index in [0.717, 1.165) is 6.42 Å². The molecule has 0 spiro atoms. The number of rotatable bonds is 8. The Hall–Kier alpha value is -2.80. The highest BCUT2D eigenvalue weighted by atomic mass is 19.1. The fourth-order valence-corrected chi connectivity index (χ4v) is 2.63. The minimum absolute atomic E-state index is 0.316. The molecule has 2 heterocycles. The first-order chi connectivity index (χ1) is 12.7. The molecule has 1 aromatic carbocycles. The van der Waals surface area contributed by atoms with E-state index < -0.39 is 0 Å². The van der Waals surface area contributed by atoms with E-state index in [2.05, 4.69) is 20.3 Å². The first kappa shape index (κ1) is 18.0. The first-order valence-electron chi connectivity index (χ1n) is 8.62. The van der Waals surface area contributed by atoms with Crippen LogP contribution in [0.1, 0.15) is 13.3 Å². The Labute approximate surface area is 152 Å². The van der Waals surface area contributed by atoms with E-state index in [-0.39, 0.29) is 5.82 Å². The summed E-state index contributed by atoms with van der Waals surface area (Å²) in [6, 6.07) is 6.60. The molecule has 3 aromatic rings. The SMILES string of the molecule is CCOCCCNc1ncc(-c2ccccc2F)c(-c2nccn2C)n1. The van der Waals surface area contributed by atoms with Crippen LogP contribution in [-0.4, -0.2) is 39.3 Å². The number of halogens is 1. The Morgan fingerprint density at radius 3 is 2.77 bits per heavy atom. The molecule has 0 radical (unpaired) electrons. The lowest BCUT2D eigenvalue weighted by Crippen LogP contribution is -2.10. The van der Waals surface area contributed by atoms with E-state index in [1.807, 2.05) is 24.7 Å². The number of hydrogen-bond donors (Lipinski definition) is 1. The number of hydrogen-bond acceptors (Lipinski definition) is 5. The first-order valence-corrected chi connectivity index (χ1v) is 8.62. The molecule has 2 aromatic heterocycles. The predicted molar refractivity (Wildman–Crippen MR) is 99.2 cm³/mol. The predicted octanol–water partition coefficient (Wildman–Crippen LogP) is 3.52. The average molecular weight is 355 g/mol. The summed E-state index contributed by atoms with van der Waals surface area (Å²) < 4.78 is 21.5. The van der Waals surface area contributed by atoms with Crippen molar-refractivity contribution in [3.05, 3.63) is 48.7 Å². The average Bonchev–Trinajstić information content (AvgIpc) is 3.08. The van der Waals surface area contributed by atoms with Crippen molar-refractivity contribution in [2.75, 3.05) is 25.1 Å². The summed E-state index contributed by atoms with van der Waals surface area (Å²) in [5.74, 6) is 0.826. The molecule has 0 amide bonds. The van der Waals surface area contributed by atoms with Crippen molar-refractivity contribution in [1.29, 1.82) is 0 Å². The topological polar surface area (TPSA) is 64.9 Å². The van der Waals surface area contributed by atoms with Gasteiger partial charge in [0, 0.05) is 56.5 Å². The highest BCUT2D eigenvalue weighted by molar-refractivity contribution is 5.78. The molecule has 6 nitrogen and oxygen atoms in total. The molecule has 0 aliphatic rings. The van der Waals surface area contributed by atoms with E-state index in [0.29, 0.717) is 48.4 Å². The standard InChI is InChI=1S/C19H22FN5O/c1-3-26-12-6-9-22-19-23-13-15(14-7-4-5-8-16(14)20)17(24-19)18-21-10-11-25(18)2/h4-5,7-8,10-11,13H,3,6,9,12H2,1-2H3,(H,22,23,24). The van der Waals surface area contributed by atoms with Gasteiger partial charge in [0.1, 0.15) is 11.5 Å². The third-order valence-electron chi connectivity index (χ3n) is 3.94. The van der Waals surface area contributed by atoms with E-state index in [9.17, 15) is 4.39 Å². The van der Waals surface area contributed by atoms with Crippen LogP contribution in [0.25, 0.3) is 22.6 Å². The van der Waals surface area contributed by atoms with Crippen molar-refractivity contribution in [2.24, 2.45) is 7.05 Å². The maximum Gasteiger partial charge on any atom is 0.223 e. The molecule has 136 valence electrons. The quantitative estimate of drug-likeness (QED) is 0.626. The fourth-order valence-electron chi connectivity index (χ4n) is 2.63. The van der Waals surface area contributed by atoms with Crippen molar-refractivity contribution in [3.63, 3.8) is 0 Å². The lowest BCUT2D eigenvalue weighted by molar-refractivity contribution is 0.147. The highest BCUT2D eigenvalue weighted by Gasteiger charge is 2.17. The van der Waals surface area contributed by atoms with Crippen molar-refractivity contribution in [1.82, 2.24) is 19.5 Å². The molecule has 0 atom stereocenters. The van der Waals surface area contributed by atoms with Crippen molar-refractivity contribution in [3.8, 4) is 22.6 Å². The number of benzene rings is 1. The van der Waals surface area contributed by atoms with Gasteiger partial charge in [0.2, 0.25) is 5.95 Å². The molecule has 26 heavy (non-hydrogen) atoms. The van der Waals surface area contributed by atoms with Crippen molar-refractivity contribution in [2.45, 2.75) is 13.3 Å². The van der Waals surface area contributed by atoms with Gasteiger partial charge in [-0.15, -0.1) is 0 Å². The van der Waals surface area contributed by atoms with Crippen LogP contribution < -0.4 is 5.32 Å². The van der Waals surface area contributed by atoms with Crippen LogP contribution in [0, 0.1) is 5.82 Å². The lowest BCUT2D eigenvalue weighted by Gasteiger charge is -2.12. The zero-order chi connectivity index (χ0) is 18.4. The summed E-state index contributed by atoms with van der Waals surface area (Å²) in [7, 11) is 1.88. The Morgan fingerprint density at radius 2 is 2.04 bits per heavy atom. The van der Waals surface area contributed by atoms with Gasteiger partial charge in [0.15, 0.2) is 5.82 Å². The smallest absolute Gasteiger partial charge is 0.223 e. The summed E-state index contributed by atoms with van der Waals surface area (Å²) in [4.78, 5) is 13.3. The van der Waals surface area contributed by atoms with Crippen LogP contribution in [-0.2, 0) is 11.8 Å². The fraction of sp³-hybridized carbons (Fsp3) is 0.316. The Kier molecular flexibility index (Phi) is 5.91. The summed E-state index contributed by atoms with van der Waals surface area (Å²) in [5, 5.41) is 3.19. The van der Waals surface area contributed by atoms with Crippen molar-refractivity contribution < 1.29 is 9.13 Å². The number of aromatic nitrogens is 4. The number of imidazole rings is 1. The molecular formula is C19H22FN5O. The number of nitrogens with zero attached hydrogens (tertiary/aromatic N) is 4. The molecule has 0 saturated carbocycles. The van der Waals surface area contributed by atoms with Crippen LogP contribution in [0.5, 0.6) is 0 Å². The van der Waals surface area contributed by atoms with E-state index in [1.54, 1.807) is 30.6 Å². The third kappa shape index (κ3) is 4.05.